The minimum atomic E-state index is -0.360. The molecule has 0 radical (unpaired) electrons. The lowest BCUT2D eigenvalue weighted by Gasteiger charge is -2.38. The highest BCUT2D eigenvalue weighted by Gasteiger charge is 2.30. The molecule has 4 nitrogen and oxygen atoms in total. The third-order valence-corrected chi connectivity index (χ3v) is 9.91. The Hall–Kier alpha value is -2.59. The first-order valence-corrected chi connectivity index (χ1v) is 16.7. The van der Waals surface area contributed by atoms with Gasteiger partial charge in [-0.2, -0.15) is 0 Å². The third kappa shape index (κ3) is 9.73. The number of carbonyl (C=O) groups is 1. The van der Waals surface area contributed by atoms with Gasteiger partial charge >= 0.3 is 5.97 Å². The molecule has 2 aromatic carbocycles. The molecule has 4 rings (SSSR count). The summed E-state index contributed by atoms with van der Waals surface area (Å²) in [5.74, 6) is 4.15. The first-order chi connectivity index (χ1) is 20.5. The minimum Gasteiger partial charge on any atom is -0.491 e. The molecule has 0 spiro atoms. The fraction of sp³-hybridized carbons (Fsp3) is 0.605. The Morgan fingerprint density at radius 1 is 0.881 bits per heavy atom. The molecule has 2 aromatic rings. The standard InChI is InChI=1S/C38H54O4/c1-4-5-6-7-29-10-15-32(16-11-29)33-17-12-30(13-18-33)8-9-31-14-23-37(35(26-31)27-42-38(40)28(2)3)34-19-21-36(22-20-34)41-25-24-39/h14,19-23,26,29-30,32-33,39H,2,4-13,15-18,24-25,27H2,1,3H3. The Labute approximate surface area is 254 Å². The molecule has 0 unspecified atom stereocenters. The molecule has 0 aliphatic heterocycles. The van der Waals surface area contributed by atoms with Gasteiger partial charge in [0.1, 0.15) is 19.0 Å². The fourth-order valence-electron chi connectivity index (χ4n) is 7.31. The van der Waals surface area contributed by atoms with Crippen molar-refractivity contribution in [1.82, 2.24) is 0 Å². The van der Waals surface area contributed by atoms with Gasteiger partial charge in [-0.15, -0.1) is 0 Å². The summed E-state index contributed by atoms with van der Waals surface area (Å²) < 4.78 is 11.1. The first kappa shape index (κ1) is 32.3. The van der Waals surface area contributed by atoms with Crippen LogP contribution in [-0.4, -0.2) is 24.3 Å². The van der Waals surface area contributed by atoms with E-state index in [-0.39, 0.29) is 25.8 Å². The lowest BCUT2D eigenvalue weighted by atomic mass is 9.68. The Kier molecular flexibility index (Phi) is 13.0. The second kappa shape index (κ2) is 16.9. The summed E-state index contributed by atoms with van der Waals surface area (Å²) in [7, 11) is 0. The van der Waals surface area contributed by atoms with Crippen molar-refractivity contribution in [1.29, 1.82) is 0 Å². The smallest absolute Gasteiger partial charge is 0.333 e. The van der Waals surface area contributed by atoms with E-state index in [1.165, 1.54) is 89.0 Å². The molecule has 42 heavy (non-hydrogen) atoms. The van der Waals surface area contributed by atoms with Gasteiger partial charge < -0.3 is 14.6 Å². The molecule has 1 N–H and O–H groups in total. The minimum absolute atomic E-state index is 0.0109. The van der Waals surface area contributed by atoms with Crippen LogP contribution in [0.4, 0.5) is 0 Å². The van der Waals surface area contributed by atoms with Gasteiger partial charge in [0.25, 0.3) is 0 Å². The lowest BCUT2D eigenvalue weighted by molar-refractivity contribution is -0.140. The maximum atomic E-state index is 12.2. The number of aliphatic hydroxyl groups is 1. The molecular formula is C38H54O4. The monoisotopic (exact) mass is 574 g/mol. The number of aliphatic hydroxyl groups excluding tert-OH is 1. The molecule has 0 amide bonds. The van der Waals surface area contributed by atoms with Crippen molar-refractivity contribution < 1.29 is 19.4 Å². The van der Waals surface area contributed by atoms with Crippen molar-refractivity contribution in [3.05, 3.63) is 65.7 Å². The van der Waals surface area contributed by atoms with E-state index in [0.717, 1.165) is 52.5 Å². The quantitative estimate of drug-likeness (QED) is 0.131. The Bertz CT molecular complexity index is 1100. The van der Waals surface area contributed by atoms with Crippen LogP contribution in [0.25, 0.3) is 11.1 Å². The van der Waals surface area contributed by atoms with Crippen molar-refractivity contribution >= 4 is 5.97 Å². The largest absolute Gasteiger partial charge is 0.491 e. The zero-order valence-electron chi connectivity index (χ0n) is 26.3. The summed E-state index contributed by atoms with van der Waals surface area (Å²) in [5, 5.41) is 9.02. The lowest BCUT2D eigenvalue weighted by Crippen LogP contribution is -2.26. The van der Waals surface area contributed by atoms with Gasteiger partial charge in [-0.05, 0) is 104 Å². The van der Waals surface area contributed by atoms with Crippen LogP contribution in [-0.2, 0) is 22.6 Å². The summed E-state index contributed by atoms with van der Waals surface area (Å²) in [6, 6.07) is 14.5. The second-order valence-electron chi connectivity index (χ2n) is 13.0. The molecule has 2 fully saturated rings. The Morgan fingerprint density at radius 2 is 1.52 bits per heavy atom. The number of ether oxygens (including phenoxy) is 2. The molecule has 0 saturated heterocycles. The van der Waals surface area contributed by atoms with Crippen molar-refractivity contribution in [3.8, 4) is 16.9 Å². The second-order valence-corrected chi connectivity index (χ2v) is 13.0. The SMILES string of the molecule is C=C(C)C(=O)OCc1cc(CCC2CCC(C3CCC(CCCCC)CC3)CC2)ccc1-c1ccc(OCCO)cc1. The molecular weight excluding hydrogens is 520 g/mol. The van der Waals surface area contributed by atoms with Gasteiger partial charge in [0, 0.05) is 5.57 Å². The Balaban J connectivity index is 1.30. The molecule has 2 aliphatic rings. The van der Waals surface area contributed by atoms with Crippen molar-refractivity contribution in [2.75, 3.05) is 13.2 Å². The maximum Gasteiger partial charge on any atom is 0.333 e. The zero-order chi connectivity index (χ0) is 29.7. The van der Waals surface area contributed by atoms with E-state index in [1.807, 2.05) is 24.3 Å². The maximum absolute atomic E-state index is 12.2. The average Bonchev–Trinajstić information content (AvgIpc) is 3.02. The van der Waals surface area contributed by atoms with Crippen LogP contribution in [0.15, 0.2) is 54.6 Å². The molecule has 2 aliphatic carbocycles. The summed E-state index contributed by atoms with van der Waals surface area (Å²) in [6.45, 7) is 8.21. The number of hydrogen-bond donors (Lipinski definition) is 1. The summed E-state index contributed by atoms with van der Waals surface area (Å²) >= 11 is 0. The highest BCUT2D eigenvalue weighted by Crippen LogP contribution is 2.43. The van der Waals surface area contributed by atoms with Crippen LogP contribution in [0.3, 0.4) is 0 Å². The number of carbonyl (C=O) groups excluding carboxylic acids is 1. The third-order valence-electron chi connectivity index (χ3n) is 9.91. The van der Waals surface area contributed by atoms with E-state index in [0.29, 0.717) is 5.57 Å². The molecule has 0 heterocycles. The number of unbranched alkanes of at least 4 members (excludes halogenated alkanes) is 2. The van der Waals surface area contributed by atoms with Crippen LogP contribution in [0.2, 0.25) is 0 Å². The summed E-state index contributed by atoms with van der Waals surface area (Å²) in [5.41, 5.74) is 4.84. The number of benzene rings is 2. The summed E-state index contributed by atoms with van der Waals surface area (Å²) in [6.07, 6.45) is 19.5. The highest BCUT2D eigenvalue weighted by molar-refractivity contribution is 5.87. The first-order valence-electron chi connectivity index (χ1n) is 16.7. The number of hydrogen-bond acceptors (Lipinski definition) is 4. The van der Waals surface area contributed by atoms with E-state index in [2.05, 4.69) is 31.7 Å². The van der Waals surface area contributed by atoms with E-state index in [1.54, 1.807) is 6.92 Å². The van der Waals surface area contributed by atoms with Crippen LogP contribution >= 0.6 is 0 Å². The molecule has 4 heteroatoms. The zero-order valence-corrected chi connectivity index (χ0v) is 26.3. The van der Waals surface area contributed by atoms with E-state index in [4.69, 9.17) is 14.6 Å². The summed E-state index contributed by atoms with van der Waals surface area (Å²) in [4.78, 5) is 12.2. The predicted molar refractivity (Wildman–Crippen MR) is 172 cm³/mol. The van der Waals surface area contributed by atoms with Gasteiger partial charge in [0.05, 0.1) is 6.61 Å². The van der Waals surface area contributed by atoms with Crippen molar-refractivity contribution in [2.45, 2.75) is 110 Å². The van der Waals surface area contributed by atoms with E-state index in [9.17, 15) is 4.79 Å². The number of aryl methyl sites for hydroxylation is 1. The van der Waals surface area contributed by atoms with E-state index >= 15 is 0 Å². The van der Waals surface area contributed by atoms with Gasteiger partial charge in [0.15, 0.2) is 0 Å². The van der Waals surface area contributed by atoms with Crippen LogP contribution in [0.5, 0.6) is 5.75 Å². The number of esters is 1. The molecule has 0 atom stereocenters. The van der Waals surface area contributed by atoms with Crippen molar-refractivity contribution in [2.24, 2.45) is 23.7 Å². The topological polar surface area (TPSA) is 55.8 Å². The number of rotatable bonds is 15. The van der Waals surface area contributed by atoms with Crippen LogP contribution in [0.1, 0.15) is 108 Å². The van der Waals surface area contributed by atoms with Crippen LogP contribution in [0, 0.1) is 23.7 Å². The van der Waals surface area contributed by atoms with Crippen LogP contribution < -0.4 is 4.74 Å². The normalized spacial score (nSPS) is 22.5. The van der Waals surface area contributed by atoms with Gasteiger partial charge in [0.2, 0.25) is 0 Å². The molecule has 2 saturated carbocycles. The molecule has 0 bridgehead atoms. The van der Waals surface area contributed by atoms with Gasteiger partial charge in [-0.3, -0.25) is 0 Å². The van der Waals surface area contributed by atoms with Gasteiger partial charge in [-0.25, -0.2) is 4.79 Å². The fourth-order valence-corrected chi connectivity index (χ4v) is 7.31. The van der Waals surface area contributed by atoms with Gasteiger partial charge in [-0.1, -0.05) is 95.2 Å². The predicted octanol–water partition coefficient (Wildman–Crippen LogP) is 9.47. The molecule has 230 valence electrons. The average molecular weight is 575 g/mol. The molecule has 0 aromatic heterocycles. The highest BCUT2D eigenvalue weighted by atomic mass is 16.5. The Morgan fingerprint density at radius 3 is 2.12 bits per heavy atom. The van der Waals surface area contributed by atoms with Crippen molar-refractivity contribution in [3.63, 3.8) is 0 Å². The van der Waals surface area contributed by atoms with E-state index < -0.39 is 0 Å².